The number of hydrogen-bond acceptors (Lipinski definition) is 9. The third kappa shape index (κ3) is 8.82. The van der Waals surface area contributed by atoms with Gasteiger partial charge >= 0.3 is 0 Å². The van der Waals surface area contributed by atoms with E-state index in [1.807, 2.05) is 140 Å². The lowest BCUT2D eigenvalue weighted by atomic mass is 9.89. The number of amides is 2. The highest BCUT2D eigenvalue weighted by Gasteiger charge is 2.54. The van der Waals surface area contributed by atoms with E-state index in [0.29, 0.717) is 48.7 Å². The van der Waals surface area contributed by atoms with Crippen molar-refractivity contribution in [3.05, 3.63) is 239 Å². The van der Waals surface area contributed by atoms with E-state index < -0.39 is 7.14 Å². The maximum atomic E-state index is 16.9. The average Bonchev–Trinajstić information content (AvgIpc) is 4.07. The average molecular weight is 1010 g/mol. The molecule has 0 aliphatic carbocycles. The highest BCUT2D eigenvalue weighted by atomic mass is 32.1. The predicted molar refractivity (Wildman–Crippen MR) is 302 cm³/mol. The van der Waals surface area contributed by atoms with Crippen molar-refractivity contribution in [2.75, 3.05) is 20.4 Å². The van der Waals surface area contributed by atoms with Gasteiger partial charge in [-0.2, -0.15) is 9.97 Å². The summed E-state index contributed by atoms with van der Waals surface area (Å²) in [5, 5.41) is 8.07. The van der Waals surface area contributed by atoms with E-state index in [1.54, 1.807) is 0 Å². The minimum atomic E-state index is -3.84. The Morgan fingerprint density at radius 1 is 0.466 bits per heavy atom. The minimum Gasteiger partial charge on any atom is -0.326 e. The lowest BCUT2D eigenvalue weighted by molar-refractivity contribution is -0.115. The van der Waals surface area contributed by atoms with Crippen molar-refractivity contribution in [2.45, 2.75) is 27.7 Å². The van der Waals surface area contributed by atoms with Crippen LogP contribution >= 0.6 is 29.8 Å². The van der Waals surface area contributed by atoms with Crippen molar-refractivity contribution in [1.29, 1.82) is 0 Å². The van der Waals surface area contributed by atoms with Crippen molar-refractivity contribution in [2.24, 2.45) is 0 Å². The zero-order chi connectivity index (χ0) is 50.2. The van der Waals surface area contributed by atoms with E-state index in [2.05, 4.69) is 101 Å². The van der Waals surface area contributed by atoms with Gasteiger partial charge in [-0.05, 0) is 129 Å². The molecule has 9 nitrogen and oxygen atoms in total. The van der Waals surface area contributed by atoms with Gasteiger partial charge in [0.1, 0.15) is 25.7 Å². The number of thiazole rings is 2. The second-order valence-corrected chi connectivity index (χ2v) is 22.3. The van der Waals surface area contributed by atoms with Gasteiger partial charge in [-0.3, -0.25) is 14.2 Å². The van der Waals surface area contributed by atoms with Crippen LogP contribution in [0.4, 0.5) is 45.5 Å². The molecule has 0 bridgehead atoms. The molecule has 12 heteroatoms. The fourth-order valence-electron chi connectivity index (χ4n) is 9.63. The number of fused-ring (bicyclic) bond motifs is 2. The van der Waals surface area contributed by atoms with Gasteiger partial charge in [-0.25, -0.2) is 0 Å². The molecule has 0 saturated carbocycles. The standard InChI is InChI=1S/C61H47N6O3PS2/c1-39-21-20-22-40(2)54(39)55-56-58(64-60(72-56)50-35-33-47(37-52(50)62-41(3)68)66(43-23-10-5-11-24-43)44-25-12-6-13-26-44)71(70,49-31-18-9-19-32-49)59-57(55)73-61(65-59)51-36-34-48(38-53(51)63-42(4)69)67(45-27-14-7-15-28-45)46-29-16-8-17-30-46/h5-38H,1-4H3,(H-,62,63,64,65,68,69)/p+1. The van der Waals surface area contributed by atoms with Crippen LogP contribution in [0.25, 0.3) is 21.1 Å². The molecule has 73 heavy (non-hydrogen) atoms. The summed E-state index contributed by atoms with van der Waals surface area (Å²) >= 11 is 2.93. The molecule has 2 N–H and O–H groups in total. The molecule has 0 atom stereocenters. The van der Waals surface area contributed by atoms with Gasteiger partial charge in [-0.15, -0.1) is 0 Å². The smallest absolute Gasteiger partial charge is 0.268 e. The van der Waals surface area contributed by atoms with Gasteiger partial charge in [0.2, 0.25) is 11.8 Å². The zero-order valence-electron chi connectivity index (χ0n) is 40.4. The SMILES string of the molecule is CC(=O)Nc1cc(N(c2ccccc2)c2ccccc2)ccc1-c1nc2c(s1)[C+](c1c(C)cccc1C)c1sc(-c3ccc(N(c4ccccc4)c4ccccc4)cc3NC(C)=O)nc1P2(=O)c1ccccc1. The van der Waals surface area contributed by atoms with Crippen molar-refractivity contribution < 1.29 is 14.2 Å². The van der Waals surface area contributed by atoms with Crippen molar-refractivity contribution in [1.82, 2.24) is 9.97 Å². The number of carbonyl (C=O) groups excluding carboxylic acids is 2. The van der Waals surface area contributed by atoms with E-state index in [9.17, 15) is 9.59 Å². The summed E-state index contributed by atoms with van der Waals surface area (Å²) in [5.74, 6) is 0.424. The molecule has 2 amide bonds. The van der Waals surface area contributed by atoms with Gasteiger partial charge in [0.15, 0.2) is 10.9 Å². The van der Waals surface area contributed by atoms with Gasteiger partial charge in [0.25, 0.3) is 7.14 Å². The Morgan fingerprint density at radius 2 is 0.822 bits per heavy atom. The van der Waals surface area contributed by atoms with Crippen LogP contribution in [0.2, 0.25) is 0 Å². The van der Waals surface area contributed by atoms with Crippen LogP contribution in [0.15, 0.2) is 206 Å². The van der Waals surface area contributed by atoms with Crippen LogP contribution in [0.3, 0.4) is 0 Å². The minimum absolute atomic E-state index is 0.234. The number of rotatable bonds is 12. The summed E-state index contributed by atoms with van der Waals surface area (Å²) < 4.78 is 16.9. The van der Waals surface area contributed by atoms with Crippen LogP contribution < -0.4 is 36.6 Å². The molecule has 10 aromatic rings. The molecular weight excluding hydrogens is 960 g/mol. The predicted octanol–water partition coefficient (Wildman–Crippen LogP) is 14.4. The summed E-state index contributed by atoms with van der Waals surface area (Å²) in [5.41, 5.74) is 12.0. The maximum absolute atomic E-state index is 16.9. The molecule has 3 heterocycles. The topological polar surface area (TPSA) is 108 Å². The molecule has 0 spiro atoms. The number of aromatic nitrogens is 2. The number of para-hydroxylation sites is 4. The first-order valence-electron chi connectivity index (χ1n) is 23.8. The third-order valence-corrected chi connectivity index (χ3v) is 18.2. The highest BCUT2D eigenvalue weighted by Crippen LogP contribution is 2.57. The Balaban J connectivity index is 1.11. The highest BCUT2D eigenvalue weighted by molar-refractivity contribution is 7.85. The first-order valence-corrected chi connectivity index (χ1v) is 27.2. The molecule has 0 fully saturated rings. The number of nitrogens with one attached hydrogen (secondary N) is 2. The van der Waals surface area contributed by atoms with Gasteiger partial charge in [-0.1, -0.05) is 114 Å². The summed E-state index contributed by atoms with van der Waals surface area (Å²) in [6.07, 6.45) is 0. The first kappa shape index (κ1) is 47.0. The van der Waals surface area contributed by atoms with Crippen LogP contribution in [-0.4, -0.2) is 21.8 Å². The second kappa shape index (κ2) is 19.7. The molecule has 0 unspecified atom stereocenters. The van der Waals surface area contributed by atoms with Crippen molar-refractivity contribution in [3.8, 4) is 21.1 Å². The van der Waals surface area contributed by atoms with E-state index in [4.69, 9.17) is 9.97 Å². The number of nitrogens with zero attached hydrogens (tertiary/aromatic N) is 4. The molecule has 1 aliphatic heterocycles. The zero-order valence-corrected chi connectivity index (χ0v) is 42.9. The molecular formula is C61H48N6O3PS2+. The van der Waals surface area contributed by atoms with E-state index in [-0.39, 0.29) is 11.8 Å². The van der Waals surface area contributed by atoms with E-state index in [0.717, 1.165) is 66.5 Å². The Bertz CT molecular complexity index is 3420. The number of carbonyl (C=O) groups is 2. The summed E-state index contributed by atoms with van der Waals surface area (Å²) in [6, 6.07) is 68.2. The quantitative estimate of drug-likeness (QED) is 0.0927. The lowest BCUT2D eigenvalue weighted by Crippen LogP contribution is -2.36. The van der Waals surface area contributed by atoms with Crippen molar-refractivity contribution in [3.63, 3.8) is 0 Å². The monoisotopic (exact) mass is 1010 g/mol. The van der Waals surface area contributed by atoms with Gasteiger partial charge in [0, 0.05) is 75.5 Å². The Morgan fingerprint density at radius 3 is 1.18 bits per heavy atom. The Kier molecular flexibility index (Phi) is 12.7. The summed E-state index contributed by atoms with van der Waals surface area (Å²) in [4.78, 5) is 43.0. The van der Waals surface area contributed by atoms with E-state index in [1.165, 1.54) is 36.5 Å². The first-order chi connectivity index (χ1) is 35.6. The second-order valence-electron chi connectivity index (χ2n) is 17.8. The fourth-order valence-corrected chi connectivity index (χ4v) is 15.6. The van der Waals surface area contributed by atoms with Crippen LogP contribution in [0, 0.1) is 19.8 Å². The normalized spacial score (nSPS) is 12.4. The Labute approximate surface area is 432 Å². The van der Waals surface area contributed by atoms with Gasteiger partial charge < -0.3 is 20.4 Å². The fraction of sp³-hybridized carbons (Fsp3) is 0.0656. The van der Waals surface area contributed by atoms with Crippen molar-refractivity contribution >= 4 is 103 Å². The third-order valence-electron chi connectivity index (χ3n) is 12.8. The van der Waals surface area contributed by atoms with Crippen LogP contribution in [0.5, 0.6) is 0 Å². The Hall–Kier alpha value is -8.34. The maximum Gasteiger partial charge on any atom is 0.268 e. The van der Waals surface area contributed by atoms with E-state index >= 15 is 4.57 Å². The summed E-state index contributed by atoms with van der Waals surface area (Å²) in [6.45, 7) is 7.20. The number of benzene rings is 8. The van der Waals surface area contributed by atoms with Crippen LogP contribution in [-0.2, 0) is 14.2 Å². The largest absolute Gasteiger partial charge is 0.326 e. The molecule has 356 valence electrons. The molecule has 1 aliphatic rings. The number of hydrogen-bond donors (Lipinski definition) is 2. The number of aryl methyl sites for hydroxylation is 2. The number of anilines is 8. The van der Waals surface area contributed by atoms with Gasteiger partial charge in [0.05, 0.1) is 16.9 Å². The summed E-state index contributed by atoms with van der Waals surface area (Å²) in [7, 11) is -3.84. The molecule has 0 saturated heterocycles. The molecule has 11 rings (SSSR count). The molecule has 8 aromatic carbocycles. The molecule has 2 aromatic heterocycles. The lowest BCUT2D eigenvalue weighted by Gasteiger charge is -2.26. The molecule has 0 radical (unpaired) electrons. The van der Waals surface area contributed by atoms with Crippen LogP contribution in [0.1, 0.15) is 40.3 Å².